The van der Waals surface area contributed by atoms with E-state index >= 15 is 0 Å². The van der Waals surface area contributed by atoms with E-state index in [1.54, 1.807) is 39.2 Å². The van der Waals surface area contributed by atoms with Gasteiger partial charge in [-0.15, -0.1) is 0 Å². The number of carbonyl (C=O) groups excluding carboxylic acids is 1. The predicted molar refractivity (Wildman–Crippen MR) is 93.3 cm³/mol. The number of ether oxygens (including phenoxy) is 2. The second-order valence-corrected chi connectivity index (χ2v) is 6.67. The molecule has 6 heteroatoms. The summed E-state index contributed by atoms with van der Waals surface area (Å²) in [6.45, 7) is 6.04. The van der Waals surface area contributed by atoms with Gasteiger partial charge in [0.1, 0.15) is 23.7 Å². The molecule has 0 aliphatic carbocycles. The van der Waals surface area contributed by atoms with E-state index in [0.717, 1.165) is 11.3 Å². The Labute approximate surface area is 147 Å². The molecule has 0 saturated heterocycles. The molecule has 0 saturated carbocycles. The van der Waals surface area contributed by atoms with Crippen LogP contribution in [0.4, 0.5) is 4.79 Å². The van der Waals surface area contributed by atoms with Gasteiger partial charge in [0.05, 0.1) is 12.4 Å². The summed E-state index contributed by atoms with van der Waals surface area (Å²) in [5.74, 6) is 1.38. The number of benzene rings is 1. The smallest absolute Gasteiger partial charge is 0.407 e. The zero-order valence-corrected chi connectivity index (χ0v) is 14.8. The molecule has 136 valence electrons. The van der Waals surface area contributed by atoms with Crippen molar-refractivity contribution in [2.45, 2.75) is 45.5 Å². The van der Waals surface area contributed by atoms with Crippen molar-refractivity contribution in [1.29, 1.82) is 0 Å². The van der Waals surface area contributed by atoms with E-state index in [2.05, 4.69) is 5.32 Å². The molecule has 25 heavy (non-hydrogen) atoms. The van der Waals surface area contributed by atoms with E-state index in [4.69, 9.17) is 13.9 Å². The number of aliphatic hydroxyl groups is 1. The lowest BCUT2D eigenvalue weighted by atomic mass is 10.1. The third kappa shape index (κ3) is 6.89. The van der Waals surface area contributed by atoms with Crippen LogP contribution in [0.5, 0.6) is 5.75 Å². The lowest BCUT2D eigenvalue weighted by molar-refractivity contribution is 0.0518. The minimum atomic E-state index is -0.706. The van der Waals surface area contributed by atoms with Crippen LogP contribution in [-0.4, -0.2) is 23.3 Å². The minimum absolute atomic E-state index is 0.313. The van der Waals surface area contributed by atoms with Gasteiger partial charge in [-0.25, -0.2) is 4.79 Å². The molecule has 0 aliphatic heterocycles. The molecule has 6 nitrogen and oxygen atoms in total. The van der Waals surface area contributed by atoms with E-state index in [9.17, 15) is 9.90 Å². The largest absolute Gasteiger partial charge is 0.486 e. The van der Waals surface area contributed by atoms with Crippen LogP contribution in [0.25, 0.3) is 0 Å². The van der Waals surface area contributed by atoms with E-state index in [1.807, 2.05) is 24.3 Å². The van der Waals surface area contributed by atoms with E-state index in [0.29, 0.717) is 25.3 Å². The fourth-order valence-corrected chi connectivity index (χ4v) is 2.15. The number of aliphatic hydroxyl groups excluding tert-OH is 1. The topological polar surface area (TPSA) is 80.9 Å². The highest BCUT2D eigenvalue weighted by Crippen LogP contribution is 2.22. The second kappa shape index (κ2) is 8.58. The summed E-state index contributed by atoms with van der Waals surface area (Å²) in [4.78, 5) is 11.6. The summed E-state index contributed by atoms with van der Waals surface area (Å²) >= 11 is 0. The van der Waals surface area contributed by atoms with E-state index < -0.39 is 17.8 Å². The maximum Gasteiger partial charge on any atom is 0.407 e. The third-order valence-electron chi connectivity index (χ3n) is 3.29. The van der Waals surface area contributed by atoms with Gasteiger partial charge in [-0.1, -0.05) is 12.1 Å². The molecule has 1 aromatic heterocycles. The van der Waals surface area contributed by atoms with Gasteiger partial charge < -0.3 is 24.3 Å². The van der Waals surface area contributed by atoms with Crippen LogP contribution in [0.1, 0.15) is 44.6 Å². The number of furan rings is 1. The maximum absolute atomic E-state index is 11.6. The van der Waals surface area contributed by atoms with Crippen LogP contribution in [-0.2, 0) is 11.3 Å². The first kappa shape index (κ1) is 18.9. The number of alkyl carbamates (subject to hydrolysis) is 1. The van der Waals surface area contributed by atoms with Crippen molar-refractivity contribution in [2.24, 2.45) is 0 Å². The highest BCUT2D eigenvalue weighted by Gasteiger charge is 2.16. The molecule has 0 bridgehead atoms. The molecular formula is C19H25NO5. The fraction of sp³-hybridized carbons (Fsp3) is 0.421. The van der Waals surface area contributed by atoms with Crippen molar-refractivity contribution < 1.29 is 23.8 Å². The number of amides is 1. The number of rotatable bonds is 7. The zero-order valence-electron chi connectivity index (χ0n) is 14.8. The molecule has 1 heterocycles. The average molecular weight is 347 g/mol. The summed E-state index contributed by atoms with van der Waals surface area (Å²) < 4.78 is 16.0. The number of hydrogen-bond donors (Lipinski definition) is 2. The van der Waals surface area contributed by atoms with Crippen LogP contribution in [0.15, 0.2) is 47.1 Å². The fourth-order valence-electron chi connectivity index (χ4n) is 2.15. The van der Waals surface area contributed by atoms with Crippen LogP contribution in [0, 0.1) is 0 Å². The quantitative estimate of drug-likeness (QED) is 0.796. The Morgan fingerprint density at radius 3 is 2.76 bits per heavy atom. The highest BCUT2D eigenvalue weighted by atomic mass is 16.6. The van der Waals surface area contributed by atoms with Gasteiger partial charge in [0.15, 0.2) is 0 Å². The van der Waals surface area contributed by atoms with Crippen LogP contribution in [0.3, 0.4) is 0 Å². The molecule has 1 atom stereocenters. The van der Waals surface area contributed by atoms with Gasteiger partial charge in [0, 0.05) is 6.54 Å². The molecule has 0 unspecified atom stereocenters. The van der Waals surface area contributed by atoms with Gasteiger partial charge in [-0.2, -0.15) is 0 Å². The molecule has 2 aromatic rings. The molecular weight excluding hydrogens is 322 g/mol. The minimum Gasteiger partial charge on any atom is -0.486 e. The molecule has 1 amide bonds. The van der Waals surface area contributed by atoms with Crippen LogP contribution in [0.2, 0.25) is 0 Å². The summed E-state index contributed by atoms with van der Waals surface area (Å²) in [6.07, 6.45) is 0.773. The number of carbonyl (C=O) groups is 1. The maximum atomic E-state index is 11.6. The summed E-state index contributed by atoms with van der Waals surface area (Å²) in [6, 6.07) is 10.9. The second-order valence-electron chi connectivity index (χ2n) is 6.67. The van der Waals surface area contributed by atoms with Crippen molar-refractivity contribution >= 4 is 6.09 Å². The van der Waals surface area contributed by atoms with Crippen molar-refractivity contribution in [3.05, 3.63) is 54.0 Å². The van der Waals surface area contributed by atoms with Crippen molar-refractivity contribution in [3.8, 4) is 5.75 Å². The normalized spacial score (nSPS) is 12.5. The number of nitrogens with one attached hydrogen (secondary N) is 1. The van der Waals surface area contributed by atoms with Gasteiger partial charge in [0.25, 0.3) is 0 Å². The summed E-state index contributed by atoms with van der Waals surface area (Å²) in [7, 11) is 0. The molecule has 2 N–H and O–H groups in total. The predicted octanol–water partition coefficient (Wildman–Crippen LogP) is 3.81. The Kier molecular flexibility index (Phi) is 6.47. The van der Waals surface area contributed by atoms with Crippen LogP contribution >= 0.6 is 0 Å². The van der Waals surface area contributed by atoms with Crippen molar-refractivity contribution in [1.82, 2.24) is 5.32 Å². The standard InChI is InChI=1S/C19H25NO5/c1-19(2,3)25-18(22)20-10-9-17(21)14-6-4-7-15(12-14)24-13-16-8-5-11-23-16/h4-8,11-12,17,21H,9-10,13H2,1-3H3,(H,20,22)/t17-/m1/s1. The molecule has 0 radical (unpaired) electrons. The molecule has 0 aliphatic rings. The Balaban J connectivity index is 1.80. The molecule has 2 rings (SSSR count). The van der Waals surface area contributed by atoms with E-state index in [-0.39, 0.29) is 0 Å². The van der Waals surface area contributed by atoms with Crippen molar-refractivity contribution in [2.75, 3.05) is 6.54 Å². The molecule has 0 spiro atoms. The monoisotopic (exact) mass is 347 g/mol. The van der Waals surface area contributed by atoms with Gasteiger partial charge in [-0.3, -0.25) is 0 Å². The first-order valence-electron chi connectivity index (χ1n) is 8.23. The Morgan fingerprint density at radius 2 is 2.08 bits per heavy atom. The van der Waals surface area contributed by atoms with Crippen LogP contribution < -0.4 is 10.1 Å². The first-order valence-corrected chi connectivity index (χ1v) is 8.23. The van der Waals surface area contributed by atoms with Gasteiger partial charge in [0.2, 0.25) is 0 Å². The molecule has 0 fully saturated rings. The van der Waals surface area contributed by atoms with Crippen molar-refractivity contribution in [3.63, 3.8) is 0 Å². The average Bonchev–Trinajstić information content (AvgIpc) is 3.05. The lowest BCUT2D eigenvalue weighted by Gasteiger charge is -2.20. The molecule has 1 aromatic carbocycles. The first-order chi connectivity index (χ1) is 11.8. The highest BCUT2D eigenvalue weighted by molar-refractivity contribution is 5.67. The Morgan fingerprint density at radius 1 is 1.28 bits per heavy atom. The SMILES string of the molecule is CC(C)(C)OC(=O)NCC[C@@H](O)c1cccc(OCc2ccco2)c1. The summed E-state index contributed by atoms with van der Waals surface area (Å²) in [5.41, 5.74) is 0.186. The van der Waals surface area contributed by atoms with Gasteiger partial charge >= 0.3 is 6.09 Å². The lowest BCUT2D eigenvalue weighted by Crippen LogP contribution is -2.33. The zero-order chi connectivity index (χ0) is 18.3. The van der Waals surface area contributed by atoms with E-state index in [1.165, 1.54) is 0 Å². The Hall–Kier alpha value is -2.47. The Bertz CT molecular complexity index is 661. The third-order valence-corrected chi connectivity index (χ3v) is 3.29. The summed E-state index contributed by atoms with van der Waals surface area (Å²) in [5, 5.41) is 12.9. The number of hydrogen-bond acceptors (Lipinski definition) is 5. The van der Waals surface area contributed by atoms with Gasteiger partial charge in [-0.05, 0) is 57.0 Å².